The number of nitrogens with one attached hydrogen (secondary N) is 1. The van der Waals surface area contributed by atoms with Gasteiger partial charge >= 0.3 is 5.97 Å². The van der Waals surface area contributed by atoms with Crippen LogP contribution in [0.1, 0.15) is 47.0 Å². The fourth-order valence-corrected chi connectivity index (χ4v) is 1.70. The molecule has 0 aromatic rings. The Bertz CT molecular complexity index is 279. The highest BCUT2D eigenvalue weighted by atomic mass is 16.4. The predicted octanol–water partition coefficient (Wildman–Crippen LogP) is 1.12. The van der Waals surface area contributed by atoms with Crippen LogP contribution in [0.3, 0.4) is 0 Å². The molecule has 4 N–H and O–H groups in total. The van der Waals surface area contributed by atoms with E-state index in [4.69, 9.17) is 10.8 Å². The first-order valence-electron chi connectivity index (χ1n) is 6.04. The number of carbonyl (C=O) groups excluding carboxylic acids is 1. The van der Waals surface area contributed by atoms with Gasteiger partial charge in [0.1, 0.15) is 5.54 Å². The number of rotatable bonds is 7. The first-order chi connectivity index (χ1) is 7.73. The number of amides is 1. The predicted molar refractivity (Wildman–Crippen MR) is 66.5 cm³/mol. The van der Waals surface area contributed by atoms with Crippen molar-refractivity contribution in [1.82, 2.24) is 5.32 Å². The Morgan fingerprint density at radius 1 is 1.41 bits per heavy atom. The molecular formula is C12H24N2O3. The van der Waals surface area contributed by atoms with Gasteiger partial charge in [0.2, 0.25) is 5.91 Å². The van der Waals surface area contributed by atoms with Gasteiger partial charge in [-0.05, 0) is 25.7 Å². The molecule has 17 heavy (non-hydrogen) atoms. The Morgan fingerprint density at radius 3 is 2.29 bits per heavy atom. The molecule has 0 heterocycles. The van der Waals surface area contributed by atoms with Crippen LogP contribution in [-0.2, 0) is 9.59 Å². The third-order valence-corrected chi connectivity index (χ3v) is 2.68. The Morgan fingerprint density at radius 2 is 1.94 bits per heavy atom. The van der Waals surface area contributed by atoms with Crippen molar-refractivity contribution >= 4 is 11.9 Å². The van der Waals surface area contributed by atoms with Gasteiger partial charge in [-0.3, -0.25) is 4.79 Å². The number of aliphatic carboxylic acids is 1. The molecule has 0 radical (unpaired) electrons. The van der Waals surface area contributed by atoms with Crippen LogP contribution < -0.4 is 11.1 Å². The smallest absolute Gasteiger partial charge is 0.329 e. The highest BCUT2D eigenvalue weighted by molar-refractivity contribution is 5.89. The molecule has 0 aromatic carbocycles. The highest BCUT2D eigenvalue weighted by Gasteiger charge is 2.35. The molecule has 0 aliphatic rings. The molecule has 0 aliphatic heterocycles. The average Bonchev–Trinajstić information content (AvgIpc) is 2.16. The van der Waals surface area contributed by atoms with E-state index in [1.165, 1.54) is 6.92 Å². The summed E-state index contributed by atoms with van der Waals surface area (Å²) in [7, 11) is 0. The van der Waals surface area contributed by atoms with Crippen molar-refractivity contribution < 1.29 is 14.7 Å². The molecule has 0 saturated carbocycles. The van der Waals surface area contributed by atoms with Crippen LogP contribution in [0, 0.1) is 5.92 Å². The molecule has 1 unspecified atom stereocenters. The molecule has 5 heteroatoms. The van der Waals surface area contributed by atoms with Gasteiger partial charge in [-0.1, -0.05) is 27.2 Å². The Balaban J connectivity index is 4.56. The van der Waals surface area contributed by atoms with Crippen molar-refractivity contribution in [3.63, 3.8) is 0 Å². The standard InChI is InChI=1S/C12H24N2O3/c1-5-6-12(4,11(16)17)14-10(15)9(13)7-8(2)3/h8-9H,5-7,13H2,1-4H3,(H,14,15)(H,16,17)/t9-,12?/m1/s1. The highest BCUT2D eigenvalue weighted by Crippen LogP contribution is 2.13. The molecule has 0 rings (SSSR count). The van der Waals surface area contributed by atoms with Gasteiger partial charge in [-0.15, -0.1) is 0 Å². The normalized spacial score (nSPS) is 16.4. The van der Waals surface area contributed by atoms with Gasteiger partial charge in [-0.2, -0.15) is 0 Å². The van der Waals surface area contributed by atoms with E-state index >= 15 is 0 Å². The molecule has 0 aliphatic carbocycles. The van der Waals surface area contributed by atoms with E-state index in [1.54, 1.807) is 0 Å². The fourth-order valence-electron chi connectivity index (χ4n) is 1.70. The van der Waals surface area contributed by atoms with Crippen LogP contribution in [-0.4, -0.2) is 28.6 Å². The number of carboxylic acid groups (broad SMARTS) is 1. The van der Waals surface area contributed by atoms with Crippen LogP contribution in [0.5, 0.6) is 0 Å². The minimum Gasteiger partial charge on any atom is -0.480 e. The topological polar surface area (TPSA) is 92.4 Å². The number of carbonyl (C=O) groups is 2. The second-order valence-electron chi connectivity index (χ2n) is 5.11. The maximum atomic E-state index is 11.8. The van der Waals surface area contributed by atoms with E-state index in [-0.39, 0.29) is 0 Å². The Kier molecular flexibility index (Phi) is 6.16. The minimum absolute atomic E-state index is 0.304. The van der Waals surface area contributed by atoms with Gasteiger partial charge in [0, 0.05) is 0 Å². The third-order valence-electron chi connectivity index (χ3n) is 2.68. The van der Waals surface area contributed by atoms with E-state index in [0.29, 0.717) is 25.2 Å². The van der Waals surface area contributed by atoms with Crippen molar-refractivity contribution in [3.05, 3.63) is 0 Å². The van der Waals surface area contributed by atoms with E-state index < -0.39 is 23.5 Å². The quantitative estimate of drug-likeness (QED) is 0.625. The van der Waals surface area contributed by atoms with Crippen LogP contribution in [0.4, 0.5) is 0 Å². The van der Waals surface area contributed by atoms with E-state index in [1.807, 2.05) is 20.8 Å². The number of nitrogens with two attached hydrogens (primary N) is 1. The first-order valence-corrected chi connectivity index (χ1v) is 6.04. The summed E-state index contributed by atoms with van der Waals surface area (Å²) < 4.78 is 0. The largest absolute Gasteiger partial charge is 0.480 e. The maximum absolute atomic E-state index is 11.8. The van der Waals surface area contributed by atoms with Gasteiger partial charge < -0.3 is 16.2 Å². The lowest BCUT2D eigenvalue weighted by atomic mass is 9.95. The molecule has 2 atom stereocenters. The number of hydrogen-bond donors (Lipinski definition) is 3. The second kappa shape index (κ2) is 6.59. The number of carboxylic acids is 1. The molecule has 0 spiro atoms. The first kappa shape index (κ1) is 15.9. The van der Waals surface area contributed by atoms with Crippen molar-refractivity contribution in [2.24, 2.45) is 11.7 Å². The van der Waals surface area contributed by atoms with E-state index in [0.717, 1.165) is 0 Å². The monoisotopic (exact) mass is 244 g/mol. The lowest BCUT2D eigenvalue weighted by Crippen LogP contribution is -2.56. The fraction of sp³-hybridized carbons (Fsp3) is 0.833. The summed E-state index contributed by atoms with van der Waals surface area (Å²) >= 11 is 0. The Hall–Kier alpha value is -1.10. The van der Waals surface area contributed by atoms with Crippen LogP contribution in [0.2, 0.25) is 0 Å². The maximum Gasteiger partial charge on any atom is 0.329 e. The van der Waals surface area contributed by atoms with Crippen LogP contribution in [0.25, 0.3) is 0 Å². The lowest BCUT2D eigenvalue weighted by molar-refractivity contribution is -0.147. The molecular weight excluding hydrogens is 220 g/mol. The van der Waals surface area contributed by atoms with Gasteiger partial charge in [0.25, 0.3) is 0 Å². The van der Waals surface area contributed by atoms with Gasteiger partial charge in [0.15, 0.2) is 0 Å². The van der Waals surface area contributed by atoms with Crippen LogP contribution in [0.15, 0.2) is 0 Å². The van der Waals surface area contributed by atoms with E-state index in [2.05, 4.69) is 5.32 Å². The summed E-state index contributed by atoms with van der Waals surface area (Å²) in [6.07, 6.45) is 1.62. The van der Waals surface area contributed by atoms with Gasteiger partial charge in [0.05, 0.1) is 6.04 Å². The number of hydrogen-bond acceptors (Lipinski definition) is 3. The van der Waals surface area contributed by atoms with Crippen molar-refractivity contribution in [1.29, 1.82) is 0 Å². The van der Waals surface area contributed by atoms with Gasteiger partial charge in [-0.25, -0.2) is 4.79 Å². The Labute approximate surface area is 103 Å². The summed E-state index contributed by atoms with van der Waals surface area (Å²) in [6, 6.07) is -0.648. The SMILES string of the molecule is CCCC(C)(NC(=O)[C@H](N)CC(C)C)C(=O)O. The zero-order valence-electron chi connectivity index (χ0n) is 11.1. The molecule has 0 aromatic heterocycles. The summed E-state index contributed by atoms with van der Waals surface area (Å²) in [4.78, 5) is 22.9. The molecule has 100 valence electrons. The van der Waals surface area contributed by atoms with Crippen molar-refractivity contribution in [2.75, 3.05) is 0 Å². The summed E-state index contributed by atoms with van der Waals surface area (Å²) in [6.45, 7) is 7.32. The lowest BCUT2D eigenvalue weighted by Gasteiger charge is -2.27. The molecule has 0 saturated heterocycles. The van der Waals surface area contributed by atoms with Crippen molar-refractivity contribution in [3.8, 4) is 0 Å². The second-order valence-corrected chi connectivity index (χ2v) is 5.11. The minimum atomic E-state index is -1.22. The molecule has 0 fully saturated rings. The summed E-state index contributed by atoms with van der Waals surface area (Å²) in [5, 5.41) is 11.7. The molecule has 0 bridgehead atoms. The zero-order chi connectivity index (χ0) is 13.6. The summed E-state index contributed by atoms with van der Waals surface area (Å²) in [5.41, 5.74) is 4.49. The third kappa shape index (κ3) is 5.17. The summed E-state index contributed by atoms with van der Waals surface area (Å²) in [5.74, 6) is -1.11. The zero-order valence-corrected chi connectivity index (χ0v) is 11.1. The van der Waals surface area contributed by atoms with Crippen molar-refractivity contribution in [2.45, 2.75) is 58.5 Å². The van der Waals surface area contributed by atoms with E-state index in [9.17, 15) is 9.59 Å². The molecule has 1 amide bonds. The average molecular weight is 244 g/mol. The molecule has 5 nitrogen and oxygen atoms in total. The van der Waals surface area contributed by atoms with Crippen LogP contribution >= 0.6 is 0 Å².